The zero-order chi connectivity index (χ0) is 37.5. The normalized spacial score (nSPS) is 13.1. The molecule has 3 heterocycles. The number of fused-ring (bicyclic) bond motifs is 8. The summed E-state index contributed by atoms with van der Waals surface area (Å²) in [4.78, 5) is 0. The lowest BCUT2D eigenvalue weighted by molar-refractivity contribution is 0.728. The third-order valence-corrected chi connectivity index (χ3v) is 12.4. The molecule has 0 spiro atoms. The molecule has 57 heavy (non-hydrogen) atoms. The Morgan fingerprint density at radius 3 is 1.39 bits per heavy atom. The Balaban J connectivity index is 0.00000110. The maximum atomic E-state index is 2.52. The molecular weight excluding hydrogens is 689 g/mol. The van der Waals surface area contributed by atoms with Gasteiger partial charge in [0.05, 0.1) is 33.2 Å². The van der Waals surface area contributed by atoms with Gasteiger partial charge in [-0.1, -0.05) is 170 Å². The van der Waals surface area contributed by atoms with E-state index in [4.69, 9.17) is 0 Å². The number of para-hydroxylation sites is 2. The maximum Gasteiger partial charge on any atom is 0.0742 e. The van der Waals surface area contributed by atoms with E-state index in [2.05, 4.69) is 228 Å². The van der Waals surface area contributed by atoms with E-state index in [9.17, 15) is 0 Å². The summed E-state index contributed by atoms with van der Waals surface area (Å²) in [6, 6.07) is 80.5. The summed E-state index contributed by atoms with van der Waals surface area (Å²) >= 11 is 0. The van der Waals surface area contributed by atoms with Gasteiger partial charge in [0.25, 0.3) is 0 Å². The van der Waals surface area contributed by atoms with Crippen LogP contribution in [0.25, 0.3) is 77.2 Å². The van der Waals surface area contributed by atoms with Gasteiger partial charge in [0.1, 0.15) is 0 Å². The van der Waals surface area contributed by atoms with Crippen molar-refractivity contribution in [2.24, 2.45) is 0 Å². The number of rotatable bonds is 5. The summed E-state index contributed by atoms with van der Waals surface area (Å²) < 4.78 is 4.99. The van der Waals surface area contributed by atoms with Gasteiger partial charge >= 0.3 is 0 Å². The molecule has 0 amide bonds. The number of hydrogen-bond donors (Lipinski definition) is 0. The minimum absolute atomic E-state index is 0. The van der Waals surface area contributed by atoms with Crippen molar-refractivity contribution < 1.29 is 8.56 Å². The van der Waals surface area contributed by atoms with E-state index in [1.807, 2.05) is 0 Å². The summed E-state index contributed by atoms with van der Waals surface area (Å²) in [5, 5.41) is 4.99. The van der Waals surface area contributed by atoms with Crippen molar-refractivity contribution in [3.05, 3.63) is 241 Å². The molecule has 0 bridgehead atoms. The fourth-order valence-electron chi connectivity index (χ4n) is 9.97. The van der Waals surface area contributed by atoms with Crippen LogP contribution in [-0.2, 0) is 5.41 Å². The van der Waals surface area contributed by atoms with Gasteiger partial charge < -0.3 is 9.13 Å². The van der Waals surface area contributed by atoms with Gasteiger partial charge in [0.15, 0.2) is 0 Å². The SMILES string of the molecule is [HH].[HH].[HH].[HH].[HH].[HH].c1ccc(-c2ccc3c(c2)c2cc(-c4ccccc4)ccc2n3-c2ccc3c(c2)c2cccc4c2n3-c2ccccc2C4(c2ccccc2)c2ccccc2)cc1. The summed E-state index contributed by atoms with van der Waals surface area (Å²) in [5.74, 6) is 0. The van der Waals surface area contributed by atoms with Crippen LogP contribution in [0.2, 0.25) is 0 Å². The van der Waals surface area contributed by atoms with E-state index in [-0.39, 0.29) is 8.56 Å². The quantitative estimate of drug-likeness (QED) is 0.166. The van der Waals surface area contributed by atoms with Crippen LogP contribution >= 0.6 is 0 Å². The molecule has 9 aromatic carbocycles. The van der Waals surface area contributed by atoms with Gasteiger partial charge in [-0.25, -0.2) is 0 Å². The van der Waals surface area contributed by atoms with Crippen molar-refractivity contribution in [2.45, 2.75) is 5.41 Å². The Bertz CT molecular complexity index is 3210. The second kappa shape index (κ2) is 12.3. The molecule has 2 aromatic heterocycles. The van der Waals surface area contributed by atoms with Gasteiger partial charge in [-0.05, 0) is 93.0 Å². The predicted octanol–water partition coefficient (Wildman–Crippen LogP) is 15.4. The van der Waals surface area contributed by atoms with E-state index in [0.29, 0.717) is 0 Å². The van der Waals surface area contributed by atoms with Gasteiger partial charge in [0, 0.05) is 35.8 Å². The number of benzene rings is 9. The summed E-state index contributed by atoms with van der Waals surface area (Å²) in [7, 11) is 0. The Kier molecular flexibility index (Phi) is 6.88. The Hall–Kier alpha value is -7.42. The average Bonchev–Trinajstić information content (AvgIpc) is 3.80. The first kappa shape index (κ1) is 31.9. The van der Waals surface area contributed by atoms with Crippen LogP contribution < -0.4 is 0 Å². The molecule has 1 aliphatic heterocycles. The molecule has 0 saturated carbocycles. The first-order chi connectivity index (χ1) is 28.3. The van der Waals surface area contributed by atoms with Crippen LogP contribution in [0.15, 0.2) is 218 Å². The van der Waals surface area contributed by atoms with Crippen molar-refractivity contribution in [3.8, 4) is 33.6 Å². The highest BCUT2D eigenvalue weighted by atomic mass is 15.0. The lowest BCUT2D eigenvalue weighted by atomic mass is 9.63. The Morgan fingerprint density at radius 1 is 0.316 bits per heavy atom. The topological polar surface area (TPSA) is 9.86 Å². The van der Waals surface area contributed by atoms with Crippen LogP contribution in [0.5, 0.6) is 0 Å². The standard InChI is InChI=1S/C55H36N2.6H2/c1-5-16-37(17-6-1)39-28-31-50-45(34-39)46-35-40(38-18-7-2-8-19-38)29-32-51(46)56(50)43-30-33-52-47(36-43)44-24-15-26-49-54(44)57(52)53-27-14-13-25-48(53)55(49,41-20-9-3-10-21-41)42-22-11-4-12-23-42;;;;;;/h1-36H;6*1H. The van der Waals surface area contributed by atoms with Crippen LogP contribution in [0.1, 0.15) is 30.8 Å². The first-order valence-electron chi connectivity index (χ1n) is 19.8. The molecular formula is C55H48N2. The highest BCUT2D eigenvalue weighted by molar-refractivity contribution is 6.15. The molecule has 0 radical (unpaired) electrons. The average molecular weight is 737 g/mol. The molecule has 0 atom stereocenters. The maximum absolute atomic E-state index is 2.52. The smallest absolute Gasteiger partial charge is 0.0742 e. The first-order valence-corrected chi connectivity index (χ1v) is 19.8. The van der Waals surface area contributed by atoms with Crippen molar-refractivity contribution in [1.82, 2.24) is 9.13 Å². The second-order valence-electron chi connectivity index (χ2n) is 15.3. The molecule has 0 N–H and O–H groups in total. The Morgan fingerprint density at radius 2 is 0.789 bits per heavy atom. The lowest BCUT2D eigenvalue weighted by Crippen LogP contribution is -2.35. The van der Waals surface area contributed by atoms with E-state index < -0.39 is 5.41 Å². The molecule has 0 fully saturated rings. The fourth-order valence-corrected chi connectivity index (χ4v) is 9.97. The second-order valence-corrected chi connectivity index (χ2v) is 15.3. The monoisotopic (exact) mass is 736 g/mol. The van der Waals surface area contributed by atoms with Crippen molar-refractivity contribution in [2.75, 3.05) is 0 Å². The molecule has 1 aliphatic rings. The van der Waals surface area contributed by atoms with Crippen molar-refractivity contribution in [3.63, 3.8) is 0 Å². The third-order valence-electron chi connectivity index (χ3n) is 12.4. The Labute approximate surface area is 340 Å². The van der Waals surface area contributed by atoms with Crippen LogP contribution in [0, 0.1) is 0 Å². The number of aromatic nitrogens is 2. The molecule has 11 aromatic rings. The fraction of sp³-hybridized carbons (Fsp3) is 0.0182. The van der Waals surface area contributed by atoms with Crippen LogP contribution in [-0.4, -0.2) is 9.13 Å². The van der Waals surface area contributed by atoms with Crippen molar-refractivity contribution >= 4 is 43.6 Å². The summed E-state index contributed by atoms with van der Waals surface area (Å²) in [6.45, 7) is 0. The minimum Gasteiger partial charge on any atom is -0.309 e. The zero-order valence-electron chi connectivity index (χ0n) is 31.2. The molecule has 0 aliphatic carbocycles. The van der Waals surface area contributed by atoms with Crippen LogP contribution in [0.3, 0.4) is 0 Å². The number of hydrogen-bond acceptors (Lipinski definition) is 0. The van der Waals surface area contributed by atoms with Gasteiger partial charge in [-0.2, -0.15) is 0 Å². The summed E-state index contributed by atoms with van der Waals surface area (Å²) in [6.07, 6.45) is 0. The highest BCUT2D eigenvalue weighted by Crippen LogP contribution is 2.54. The van der Waals surface area contributed by atoms with E-state index in [0.717, 1.165) is 5.69 Å². The molecule has 2 heteroatoms. The minimum atomic E-state index is -0.494. The van der Waals surface area contributed by atoms with Crippen molar-refractivity contribution in [1.29, 1.82) is 0 Å². The zero-order valence-corrected chi connectivity index (χ0v) is 31.2. The molecule has 2 nitrogen and oxygen atoms in total. The van der Waals surface area contributed by atoms with E-state index >= 15 is 0 Å². The molecule has 12 rings (SSSR count). The summed E-state index contributed by atoms with van der Waals surface area (Å²) in [5.41, 5.74) is 16.7. The van der Waals surface area contributed by atoms with Gasteiger partial charge in [0.2, 0.25) is 0 Å². The third kappa shape index (κ3) is 4.53. The molecule has 0 saturated heterocycles. The van der Waals surface area contributed by atoms with E-state index in [1.165, 1.54) is 93.8 Å². The molecule has 278 valence electrons. The predicted molar refractivity (Wildman–Crippen MR) is 251 cm³/mol. The highest BCUT2D eigenvalue weighted by Gasteiger charge is 2.45. The lowest BCUT2D eigenvalue weighted by Gasteiger charge is -2.41. The van der Waals surface area contributed by atoms with Gasteiger partial charge in [-0.15, -0.1) is 0 Å². The number of nitrogens with zero attached hydrogens (tertiary/aromatic N) is 2. The molecule has 0 unspecified atom stereocenters. The van der Waals surface area contributed by atoms with Gasteiger partial charge in [-0.3, -0.25) is 0 Å². The van der Waals surface area contributed by atoms with E-state index in [1.54, 1.807) is 0 Å². The van der Waals surface area contributed by atoms with Crippen LogP contribution in [0.4, 0.5) is 0 Å². The largest absolute Gasteiger partial charge is 0.309 e.